The smallest absolute Gasteiger partial charge is 0.415 e. The van der Waals surface area contributed by atoms with Crippen LogP contribution in [-0.4, -0.2) is 28.3 Å². The Morgan fingerprint density at radius 2 is 1.55 bits per heavy atom. The highest BCUT2D eigenvalue weighted by Crippen LogP contribution is 2.33. The number of carboxylic acids is 1. The molecule has 0 fully saturated rings. The molecule has 0 spiro atoms. The molecule has 3 aromatic carbocycles. The lowest BCUT2D eigenvalue weighted by Gasteiger charge is -2.28. The number of nitrogens with zero attached hydrogens (tertiary/aromatic N) is 1. The van der Waals surface area contributed by atoms with Gasteiger partial charge in [0.2, 0.25) is 0 Å². The van der Waals surface area contributed by atoms with Crippen LogP contribution >= 0.6 is 0 Å². The molecule has 0 bridgehead atoms. The molecule has 0 aromatic heterocycles. The van der Waals surface area contributed by atoms with Gasteiger partial charge in [0.15, 0.2) is 0 Å². The van der Waals surface area contributed by atoms with Crippen LogP contribution in [0.3, 0.4) is 0 Å². The Labute approximate surface area is 168 Å². The third-order valence-electron chi connectivity index (χ3n) is 4.49. The molecule has 0 saturated carbocycles. The summed E-state index contributed by atoms with van der Waals surface area (Å²) in [6.45, 7) is 1.46. The molecule has 0 unspecified atom stereocenters. The number of carbonyl (C=O) groups is 2. The van der Waals surface area contributed by atoms with E-state index in [1.807, 2.05) is 30.3 Å². The minimum atomic E-state index is -1.15. The maximum absolute atomic E-state index is 12.9. The van der Waals surface area contributed by atoms with E-state index in [1.54, 1.807) is 36.4 Å². The Bertz CT molecular complexity index is 986. The van der Waals surface area contributed by atoms with Gasteiger partial charge in [-0.25, -0.2) is 9.59 Å². The molecule has 0 heterocycles. The quantitative estimate of drug-likeness (QED) is 0.637. The van der Waals surface area contributed by atoms with Crippen molar-refractivity contribution in [3.63, 3.8) is 0 Å². The van der Waals surface area contributed by atoms with Crippen molar-refractivity contribution in [1.29, 1.82) is 0 Å². The molecule has 0 aliphatic heterocycles. The van der Waals surface area contributed by atoms with Gasteiger partial charge in [-0.2, -0.15) is 0 Å². The Hall–Kier alpha value is -3.80. The first kappa shape index (κ1) is 19.9. The van der Waals surface area contributed by atoms with E-state index >= 15 is 0 Å². The first-order valence-electron chi connectivity index (χ1n) is 9.08. The molecule has 1 amide bonds. The number of carbonyl (C=O) groups excluding carboxylic acids is 1. The van der Waals surface area contributed by atoms with E-state index in [9.17, 15) is 19.8 Å². The predicted octanol–water partition coefficient (Wildman–Crippen LogP) is 4.68. The molecule has 6 heteroatoms. The van der Waals surface area contributed by atoms with Crippen molar-refractivity contribution < 1.29 is 24.5 Å². The topological polar surface area (TPSA) is 87.1 Å². The van der Waals surface area contributed by atoms with Crippen LogP contribution in [0.25, 0.3) is 11.1 Å². The van der Waals surface area contributed by atoms with Gasteiger partial charge in [-0.05, 0) is 36.2 Å². The number of para-hydroxylation sites is 1. The average molecular weight is 391 g/mol. The number of benzene rings is 3. The van der Waals surface area contributed by atoms with Crippen LogP contribution in [0, 0.1) is 0 Å². The molecule has 29 heavy (non-hydrogen) atoms. The number of anilines is 1. The molecule has 6 nitrogen and oxygen atoms in total. The summed E-state index contributed by atoms with van der Waals surface area (Å²) in [5.74, 6) is -1.04. The van der Waals surface area contributed by atoms with Gasteiger partial charge in [0.1, 0.15) is 18.4 Å². The molecular weight excluding hydrogens is 370 g/mol. The van der Waals surface area contributed by atoms with Gasteiger partial charge < -0.3 is 14.9 Å². The molecule has 3 aromatic rings. The van der Waals surface area contributed by atoms with Crippen molar-refractivity contribution in [3.05, 3.63) is 84.4 Å². The summed E-state index contributed by atoms with van der Waals surface area (Å²) in [5, 5.41) is 19.1. The summed E-state index contributed by atoms with van der Waals surface area (Å²) >= 11 is 0. The first-order valence-corrected chi connectivity index (χ1v) is 9.08. The highest BCUT2D eigenvalue weighted by atomic mass is 16.6. The van der Waals surface area contributed by atoms with Crippen molar-refractivity contribution in [3.8, 4) is 16.9 Å². The number of phenols is 1. The second kappa shape index (κ2) is 8.93. The zero-order valence-electron chi connectivity index (χ0n) is 15.9. The molecule has 0 saturated heterocycles. The number of aliphatic carboxylic acids is 1. The first-order chi connectivity index (χ1) is 14.0. The van der Waals surface area contributed by atoms with Gasteiger partial charge in [0.05, 0.1) is 5.69 Å². The van der Waals surface area contributed by atoms with Crippen molar-refractivity contribution in [2.75, 3.05) is 4.90 Å². The number of ether oxygens (including phenoxy) is 1. The second-order valence-electron chi connectivity index (χ2n) is 6.49. The second-order valence-corrected chi connectivity index (χ2v) is 6.49. The fourth-order valence-corrected chi connectivity index (χ4v) is 2.93. The summed E-state index contributed by atoms with van der Waals surface area (Å²) in [7, 11) is 0. The largest absolute Gasteiger partial charge is 0.508 e. The third-order valence-corrected chi connectivity index (χ3v) is 4.49. The van der Waals surface area contributed by atoms with E-state index in [-0.39, 0.29) is 12.4 Å². The molecule has 3 rings (SSSR count). The maximum Gasteiger partial charge on any atom is 0.415 e. The highest BCUT2D eigenvalue weighted by Gasteiger charge is 2.30. The summed E-state index contributed by atoms with van der Waals surface area (Å²) in [5.41, 5.74) is 2.59. The zero-order valence-corrected chi connectivity index (χ0v) is 15.9. The molecule has 1 atom stereocenters. The number of amides is 1. The Kier molecular flexibility index (Phi) is 6.14. The fourth-order valence-electron chi connectivity index (χ4n) is 2.93. The maximum atomic E-state index is 12.9. The molecule has 2 N–H and O–H groups in total. The van der Waals surface area contributed by atoms with Crippen molar-refractivity contribution in [2.45, 2.75) is 19.6 Å². The van der Waals surface area contributed by atoms with E-state index in [0.717, 1.165) is 16.0 Å². The van der Waals surface area contributed by atoms with Gasteiger partial charge in [-0.3, -0.25) is 4.90 Å². The lowest BCUT2D eigenvalue weighted by molar-refractivity contribution is -0.138. The molecule has 148 valence electrons. The van der Waals surface area contributed by atoms with Crippen LogP contribution in [0.5, 0.6) is 5.75 Å². The van der Waals surface area contributed by atoms with Crippen molar-refractivity contribution >= 4 is 17.7 Å². The monoisotopic (exact) mass is 391 g/mol. The van der Waals surface area contributed by atoms with Gasteiger partial charge in [0, 0.05) is 5.56 Å². The minimum Gasteiger partial charge on any atom is -0.508 e. The third kappa shape index (κ3) is 4.73. The normalized spacial score (nSPS) is 11.5. The Balaban J connectivity index is 1.96. The molecule has 0 aliphatic carbocycles. The Morgan fingerprint density at radius 3 is 2.21 bits per heavy atom. The average Bonchev–Trinajstić information content (AvgIpc) is 2.74. The number of hydrogen-bond acceptors (Lipinski definition) is 4. The minimum absolute atomic E-state index is 0.0316. The van der Waals surface area contributed by atoms with E-state index in [1.165, 1.54) is 19.1 Å². The lowest BCUT2D eigenvalue weighted by Crippen LogP contribution is -2.44. The molecular formula is C23H21NO5. The highest BCUT2D eigenvalue weighted by molar-refractivity contribution is 5.99. The number of rotatable bonds is 6. The van der Waals surface area contributed by atoms with Crippen LogP contribution in [0.1, 0.15) is 12.5 Å². The number of carboxylic acid groups (broad SMARTS) is 1. The van der Waals surface area contributed by atoms with Crippen LogP contribution in [0.2, 0.25) is 0 Å². The van der Waals surface area contributed by atoms with E-state index in [2.05, 4.69) is 0 Å². The number of aromatic hydroxyl groups is 1. The summed E-state index contributed by atoms with van der Waals surface area (Å²) < 4.78 is 5.41. The number of phenolic OH excluding ortho intramolecular Hbond substituents is 1. The summed E-state index contributed by atoms with van der Waals surface area (Å²) in [6, 6.07) is 21.5. The molecule has 0 aliphatic rings. The van der Waals surface area contributed by atoms with Crippen LogP contribution in [0.15, 0.2) is 78.9 Å². The fraction of sp³-hybridized carbons (Fsp3) is 0.130. The van der Waals surface area contributed by atoms with E-state index in [4.69, 9.17) is 4.74 Å². The van der Waals surface area contributed by atoms with Crippen molar-refractivity contribution in [2.24, 2.45) is 0 Å². The summed E-state index contributed by atoms with van der Waals surface area (Å²) in [4.78, 5) is 25.7. The van der Waals surface area contributed by atoms with Crippen molar-refractivity contribution in [1.82, 2.24) is 0 Å². The number of hydrogen-bond donors (Lipinski definition) is 2. The standard InChI is InChI=1S/C23H21NO5/c1-16(22(26)27)24(23(28)29-15-17-7-3-2-4-8-17)21-10-6-5-9-20(21)18-11-13-19(25)14-12-18/h2-14,16,25H,15H2,1H3,(H,26,27)/t16-/m0/s1. The van der Waals surface area contributed by atoms with Gasteiger partial charge in [0.25, 0.3) is 0 Å². The van der Waals surface area contributed by atoms with Gasteiger partial charge in [-0.15, -0.1) is 0 Å². The zero-order chi connectivity index (χ0) is 20.8. The van der Waals surface area contributed by atoms with Crippen LogP contribution in [-0.2, 0) is 16.1 Å². The summed E-state index contributed by atoms with van der Waals surface area (Å²) in [6.07, 6.45) is -0.755. The van der Waals surface area contributed by atoms with E-state index < -0.39 is 18.1 Å². The Morgan fingerprint density at radius 1 is 0.931 bits per heavy atom. The molecule has 0 radical (unpaired) electrons. The van der Waals surface area contributed by atoms with Gasteiger partial charge in [-0.1, -0.05) is 60.7 Å². The van der Waals surface area contributed by atoms with Crippen LogP contribution in [0.4, 0.5) is 10.5 Å². The SMILES string of the molecule is C[C@@H](C(=O)O)N(C(=O)OCc1ccccc1)c1ccccc1-c1ccc(O)cc1. The van der Waals surface area contributed by atoms with Crippen LogP contribution < -0.4 is 4.90 Å². The predicted molar refractivity (Wildman–Crippen MR) is 110 cm³/mol. The van der Waals surface area contributed by atoms with E-state index in [0.29, 0.717) is 11.3 Å². The lowest BCUT2D eigenvalue weighted by atomic mass is 10.0. The van der Waals surface area contributed by atoms with Gasteiger partial charge >= 0.3 is 12.1 Å².